The molecule has 3 N–H and O–H groups in total. The Morgan fingerprint density at radius 1 is 1.55 bits per heavy atom. The lowest BCUT2D eigenvalue weighted by Gasteiger charge is -1.95. The fourth-order valence-corrected chi connectivity index (χ4v) is 1.85. The third-order valence-corrected chi connectivity index (χ3v) is 2.72. The largest absolute Gasteiger partial charge is 0.454 e. The lowest BCUT2D eigenvalue weighted by Crippen LogP contribution is -2.30. The van der Waals surface area contributed by atoms with E-state index < -0.39 is 10.8 Å². The van der Waals surface area contributed by atoms with Crippen LogP contribution >= 0.6 is 0 Å². The van der Waals surface area contributed by atoms with E-state index >= 15 is 0 Å². The Hall–Kier alpha value is -2.68. The Bertz CT molecular complexity index is 672. The van der Waals surface area contributed by atoms with Crippen molar-refractivity contribution >= 4 is 11.7 Å². The molecule has 2 aromatic heterocycles. The normalized spacial score (nSPS) is 10.6. The van der Waals surface area contributed by atoms with Gasteiger partial charge in [0.05, 0.1) is 16.9 Å². The smallest absolute Gasteiger partial charge is 0.392 e. The van der Waals surface area contributed by atoms with Crippen molar-refractivity contribution in [3.8, 4) is 0 Å². The van der Waals surface area contributed by atoms with Crippen molar-refractivity contribution in [2.24, 2.45) is 5.84 Å². The van der Waals surface area contributed by atoms with E-state index in [-0.39, 0.29) is 18.1 Å². The van der Waals surface area contributed by atoms with Crippen molar-refractivity contribution in [3.63, 3.8) is 0 Å². The van der Waals surface area contributed by atoms with Crippen molar-refractivity contribution in [2.45, 2.75) is 20.4 Å². The molecule has 20 heavy (non-hydrogen) atoms. The molecule has 0 aliphatic rings. The summed E-state index contributed by atoms with van der Waals surface area (Å²) in [6, 6.07) is 1.66. The summed E-state index contributed by atoms with van der Waals surface area (Å²) in [6.07, 6.45) is 1.54. The van der Waals surface area contributed by atoms with E-state index in [1.54, 1.807) is 26.1 Å². The second kappa shape index (κ2) is 5.13. The quantitative estimate of drug-likeness (QED) is 0.366. The van der Waals surface area contributed by atoms with Gasteiger partial charge in [-0.2, -0.15) is 4.68 Å². The number of hydrogen-bond acceptors (Lipinski definition) is 6. The Labute approximate surface area is 113 Å². The number of carbonyl (C=O) groups is 1. The highest BCUT2D eigenvalue weighted by Crippen LogP contribution is 2.18. The predicted molar refractivity (Wildman–Crippen MR) is 67.8 cm³/mol. The molecule has 0 aliphatic carbocycles. The lowest BCUT2D eigenvalue weighted by atomic mass is 10.2. The number of nitrogens with two attached hydrogens (primary N) is 1. The summed E-state index contributed by atoms with van der Waals surface area (Å²) in [7, 11) is 0. The zero-order chi connectivity index (χ0) is 14.9. The first kappa shape index (κ1) is 13.7. The van der Waals surface area contributed by atoms with Crippen molar-refractivity contribution < 1.29 is 14.1 Å². The molecule has 0 saturated heterocycles. The zero-order valence-electron chi connectivity index (χ0n) is 10.9. The molecule has 0 saturated carbocycles. The maximum Gasteiger partial charge on any atom is 0.392 e. The Morgan fingerprint density at radius 2 is 2.25 bits per heavy atom. The van der Waals surface area contributed by atoms with Gasteiger partial charge < -0.3 is 14.5 Å². The molecule has 2 aromatic rings. The van der Waals surface area contributed by atoms with Crippen molar-refractivity contribution in [2.75, 3.05) is 0 Å². The number of aryl methyl sites for hydroxylation is 2. The lowest BCUT2D eigenvalue weighted by molar-refractivity contribution is -0.390. The molecule has 0 atom stereocenters. The van der Waals surface area contributed by atoms with Gasteiger partial charge in [0.25, 0.3) is 0 Å². The van der Waals surface area contributed by atoms with Crippen LogP contribution in [0.4, 0.5) is 5.82 Å². The molecule has 0 aromatic carbocycles. The first-order valence-electron chi connectivity index (χ1n) is 5.71. The molecular formula is C11H13N5O4. The molecule has 0 fully saturated rings. The summed E-state index contributed by atoms with van der Waals surface area (Å²) in [5, 5.41) is 14.6. The van der Waals surface area contributed by atoms with Gasteiger partial charge in [-0.3, -0.25) is 10.2 Å². The number of amides is 1. The Morgan fingerprint density at radius 3 is 2.80 bits per heavy atom. The zero-order valence-corrected chi connectivity index (χ0v) is 10.9. The van der Waals surface area contributed by atoms with Crippen molar-refractivity contribution in [3.05, 3.63) is 45.0 Å². The minimum atomic E-state index is -0.549. The highest BCUT2D eigenvalue weighted by atomic mass is 16.6. The van der Waals surface area contributed by atoms with Crippen molar-refractivity contribution in [1.29, 1.82) is 0 Å². The molecular weight excluding hydrogens is 266 g/mol. The topological polar surface area (TPSA) is 129 Å². The van der Waals surface area contributed by atoms with Crippen LogP contribution in [-0.4, -0.2) is 20.6 Å². The summed E-state index contributed by atoms with van der Waals surface area (Å²) in [5.74, 6) is 4.88. The van der Waals surface area contributed by atoms with Gasteiger partial charge >= 0.3 is 11.7 Å². The van der Waals surface area contributed by atoms with Crippen molar-refractivity contribution in [1.82, 2.24) is 15.2 Å². The number of hydrazine groups is 1. The average Bonchev–Trinajstić information content (AvgIpc) is 2.92. The van der Waals surface area contributed by atoms with Gasteiger partial charge in [-0.15, -0.1) is 0 Å². The van der Waals surface area contributed by atoms with Gasteiger partial charge in [0.1, 0.15) is 12.3 Å². The average molecular weight is 279 g/mol. The summed E-state index contributed by atoms with van der Waals surface area (Å²) in [4.78, 5) is 21.6. The Kier molecular flexibility index (Phi) is 3.53. The van der Waals surface area contributed by atoms with E-state index in [4.69, 9.17) is 10.3 Å². The number of carbonyl (C=O) groups excluding carboxylic acids is 1. The highest BCUT2D eigenvalue weighted by molar-refractivity contribution is 5.92. The van der Waals surface area contributed by atoms with E-state index in [0.29, 0.717) is 16.9 Å². The van der Waals surface area contributed by atoms with Crippen LogP contribution in [0.2, 0.25) is 0 Å². The van der Waals surface area contributed by atoms with Gasteiger partial charge in [0.2, 0.25) is 0 Å². The second-order valence-electron chi connectivity index (χ2n) is 4.29. The Balaban J connectivity index is 2.24. The van der Waals surface area contributed by atoms with Gasteiger partial charge in [-0.1, -0.05) is 0 Å². The van der Waals surface area contributed by atoms with Crippen LogP contribution in [0.1, 0.15) is 27.4 Å². The van der Waals surface area contributed by atoms with Crippen LogP contribution < -0.4 is 11.3 Å². The maximum atomic E-state index is 11.4. The molecule has 2 heterocycles. The van der Waals surface area contributed by atoms with Gasteiger partial charge in [0, 0.05) is 5.56 Å². The number of rotatable bonds is 4. The molecule has 0 aliphatic heterocycles. The van der Waals surface area contributed by atoms with Crippen LogP contribution in [0, 0.1) is 24.0 Å². The van der Waals surface area contributed by atoms with Crippen LogP contribution in [-0.2, 0) is 6.54 Å². The second-order valence-corrected chi connectivity index (χ2v) is 4.29. The number of nitrogens with one attached hydrogen (secondary N) is 1. The molecule has 1 amide bonds. The standard InChI is InChI=1S/C11H13N5O4/c1-6-3-8(20-9(6)11(17)13-12)5-15-4-7(2)10(14-15)16(18)19/h3-4H,5,12H2,1-2H3,(H,13,17). The number of aromatic nitrogens is 2. The maximum absolute atomic E-state index is 11.4. The van der Waals surface area contributed by atoms with Crippen LogP contribution in [0.3, 0.4) is 0 Å². The number of nitro groups is 1. The van der Waals surface area contributed by atoms with Crippen LogP contribution in [0.5, 0.6) is 0 Å². The fraction of sp³-hybridized carbons (Fsp3) is 0.273. The van der Waals surface area contributed by atoms with Crippen LogP contribution in [0.15, 0.2) is 16.7 Å². The summed E-state index contributed by atoms with van der Waals surface area (Å²) in [6.45, 7) is 3.49. The molecule has 0 spiro atoms. The minimum absolute atomic E-state index is 0.112. The fourth-order valence-electron chi connectivity index (χ4n) is 1.85. The number of hydrogen-bond donors (Lipinski definition) is 2. The molecule has 0 bridgehead atoms. The third-order valence-electron chi connectivity index (χ3n) is 2.72. The van der Waals surface area contributed by atoms with E-state index in [1.165, 1.54) is 4.68 Å². The molecule has 9 heteroatoms. The first-order chi connectivity index (χ1) is 9.42. The molecule has 9 nitrogen and oxygen atoms in total. The van der Waals surface area contributed by atoms with E-state index in [9.17, 15) is 14.9 Å². The van der Waals surface area contributed by atoms with Gasteiger partial charge in [0.15, 0.2) is 5.76 Å². The SMILES string of the molecule is Cc1cn(Cc2cc(C)c(C(=O)NN)o2)nc1[N+](=O)[O-]. The van der Waals surface area contributed by atoms with E-state index in [0.717, 1.165) is 0 Å². The highest BCUT2D eigenvalue weighted by Gasteiger charge is 2.19. The number of nitrogens with zero attached hydrogens (tertiary/aromatic N) is 3. The summed E-state index contributed by atoms with van der Waals surface area (Å²) >= 11 is 0. The van der Waals surface area contributed by atoms with Crippen LogP contribution in [0.25, 0.3) is 0 Å². The van der Waals surface area contributed by atoms with E-state index in [1.807, 2.05) is 5.43 Å². The van der Waals surface area contributed by atoms with Gasteiger partial charge in [-0.25, -0.2) is 5.84 Å². The number of furan rings is 1. The number of nitrogen functional groups attached to an aromatic ring is 1. The predicted octanol–water partition coefficient (Wildman–Crippen LogP) is 0.653. The third kappa shape index (κ3) is 2.52. The summed E-state index contributed by atoms with van der Waals surface area (Å²) < 4.78 is 6.74. The monoisotopic (exact) mass is 279 g/mol. The molecule has 0 unspecified atom stereocenters. The first-order valence-corrected chi connectivity index (χ1v) is 5.71. The van der Waals surface area contributed by atoms with Gasteiger partial charge in [-0.05, 0) is 24.8 Å². The molecule has 2 rings (SSSR count). The minimum Gasteiger partial charge on any atom is -0.454 e. The van der Waals surface area contributed by atoms with E-state index in [2.05, 4.69) is 5.10 Å². The molecule has 106 valence electrons. The molecule has 0 radical (unpaired) electrons. The summed E-state index contributed by atoms with van der Waals surface area (Å²) in [5.41, 5.74) is 3.07.